The summed E-state index contributed by atoms with van der Waals surface area (Å²) in [7, 11) is 3.90. The number of carbonyl (C=O) groups excluding carboxylic acids is 1. The van der Waals surface area contributed by atoms with Gasteiger partial charge in [0.25, 0.3) is 0 Å². The Morgan fingerprint density at radius 2 is 2.05 bits per heavy atom. The van der Waals surface area contributed by atoms with Crippen molar-refractivity contribution >= 4 is 17.4 Å². The van der Waals surface area contributed by atoms with E-state index in [2.05, 4.69) is 10.3 Å². The van der Waals surface area contributed by atoms with Crippen LogP contribution in [0.3, 0.4) is 0 Å². The maximum absolute atomic E-state index is 12.0. The van der Waals surface area contributed by atoms with Gasteiger partial charge in [-0.25, -0.2) is 4.98 Å². The molecular weight excluding hydrogens is 238 g/mol. The van der Waals surface area contributed by atoms with Gasteiger partial charge in [0.1, 0.15) is 5.82 Å². The van der Waals surface area contributed by atoms with Crippen LogP contribution in [0, 0.1) is 5.92 Å². The van der Waals surface area contributed by atoms with Crippen molar-refractivity contribution in [2.24, 2.45) is 5.92 Å². The quantitative estimate of drug-likeness (QED) is 0.906. The Labute approximate surface area is 115 Å². The topological polar surface area (TPSA) is 45.2 Å². The van der Waals surface area contributed by atoms with Crippen LogP contribution < -0.4 is 10.2 Å². The fraction of sp³-hybridized carbons (Fsp3) is 0.600. The molecule has 1 fully saturated rings. The molecular formula is C15H23N3O. The largest absolute Gasteiger partial charge is 0.363 e. The van der Waals surface area contributed by atoms with Crippen LogP contribution in [0.4, 0.5) is 11.5 Å². The molecule has 1 N–H and O–H groups in total. The third kappa shape index (κ3) is 4.23. The molecule has 1 heterocycles. The highest BCUT2D eigenvalue weighted by Gasteiger charge is 2.17. The molecule has 19 heavy (non-hydrogen) atoms. The van der Waals surface area contributed by atoms with E-state index in [1.54, 1.807) is 6.20 Å². The number of hydrogen-bond acceptors (Lipinski definition) is 3. The van der Waals surface area contributed by atoms with Gasteiger partial charge in [-0.3, -0.25) is 4.79 Å². The average molecular weight is 261 g/mol. The van der Waals surface area contributed by atoms with Crippen LogP contribution in [0.1, 0.15) is 38.5 Å². The van der Waals surface area contributed by atoms with Crippen LogP contribution in [-0.2, 0) is 4.79 Å². The fourth-order valence-electron chi connectivity index (χ4n) is 2.59. The molecule has 1 aliphatic rings. The maximum Gasteiger partial charge on any atom is 0.224 e. The number of anilines is 2. The lowest BCUT2D eigenvalue weighted by Crippen LogP contribution is -2.18. The first-order valence-corrected chi connectivity index (χ1v) is 7.08. The van der Waals surface area contributed by atoms with Gasteiger partial charge in [0.2, 0.25) is 5.91 Å². The molecule has 0 radical (unpaired) electrons. The van der Waals surface area contributed by atoms with Crippen molar-refractivity contribution in [2.45, 2.75) is 38.5 Å². The normalized spacial score (nSPS) is 16.1. The van der Waals surface area contributed by atoms with Crippen LogP contribution in [0.5, 0.6) is 0 Å². The molecule has 0 spiro atoms. The summed E-state index contributed by atoms with van der Waals surface area (Å²) in [6.45, 7) is 0. The van der Waals surface area contributed by atoms with Crippen LogP contribution in [0.25, 0.3) is 0 Å². The second-order valence-corrected chi connectivity index (χ2v) is 5.56. The highest BCUT2D eigenvalue weighted by Crippen LogP contribution is 2.26. The Bertz CT molecular complexity index is 408. The lowest BCUT2D eigenvalue weighted by molar-refractivity contribution is -0.117. The number of nitrogens with one attached hydrogen (secondary N) is 1. The maximum atomic E-state index is 12.0. The number of carbonyl (C=O) groups is 1. The van der Waals surface area contributed by atoms with Gasteiger partial charge >= 0.3 is 0 Å². The Morgan fingerprint density at radius 3 is 2.63 bits per heavy atom. The number of amides is 1. The molecule has 0 saturated heterocycles. The molecule has 0 atom stereocenters. The number of aromatic nitrogens is 1. The van der Waals surface area contributed by atoms with E-state index in [4.69, 9.17) is 0 Å². The zero-order valence-corrected chi connectivity index (χ0v) is 11.9. The lowest BCUT2D eigenvalue weighted by Gasteiger charge is -2.20. The van der Waals surface area contributed by atoms with E-state index in [0.717, 1.165) is 11.5 Å². The van der Waals surface area contributed by atoms with Crippen LogP contribution in [-0.4, -0.2) is 25.0 Å². The zero-order valence-electron chi connectivity index (χ0n) is 11.9. The lowest BCUT2D eigenvalue weighted by atomic mass is 9.87. The van der Waals surface area contributed by atoms with E-state index < -0.39 is 0 Å². The molecule has 2 rings (SSSR count). The van der Waals surface area contributed by atoms with Crippen molar-refractivity contribution in [2.75, 3.05) is 24.3 Å². The van der Waals surface area contributed by atoms with Gasteiger partial charge in [0.05, 0.1) is 11.9 Å². The Morgan fingerprint density at radius 1 is 1.32 bits per heavy atom. The molecule has 0 aromatic carbocycles. The van der Waals surface area contributed by atoms with Crippen LogP contribution in [0.15, 0.2) is 18.3 Å². The molecule has 4 nitrogen and oxygen atoms in total. The number of pyridine rings is 1. The van der Waals surface area contributed by atoms with Gasteiger partial charge in [0, 0.05) is 20.5 Å². The number of hydrogen-bond donors (Lipinski definition) is 1. The zero-order chi connectivity index (χ0) is 13.7. The number of rotatable bonds is 4. The van der Waals surface area contributed by atoms with Crippen molar-refractivity contribution in [3.8, 4) is 0 Å². The first kappa shape index (κ1) is 13.8. The summed E-state index contributed by atoms with van der Waals surface area (Å²) in [6.07, 6.45) is 8.64. The summed E-state index contributed by atoms with van der Waals surface area (Å²) in [5.41, 5.74) is 0.784. The summed E-state index contributed by atoms with van der Waals surface area (Å²) in [4.78, 5) is 18.2. The van der Waals surface area contributed by atoms with Gasteiger partial charge in [-0.15, -0.1) is 0 Å². The average Bonchev–Trinajstić information content (AvgIpc) is 2.40. The molecule has 1 saturated carbocycles. The predicted molar refractivity (Wildman–Crippen MR) is 78.4 cm³/mol. The molecule has 4 heteroatoms. The third-order valence-electron chi connectivity index (χ3n) is 3.69. The van der Waals surface area contributed by atoms with Crippen molar-refractivity contribution in [3.05, 3.63) is 18.3 Å². The Balaban J connectivity index is 1.84. The van der Waals surface area contributed by atoms with Gasteiger partial charge in [0.15, 0.2) is 0 Å². The van der Waals surface area contributed by atoms with E-state index in [1.807, 2.05) is 31.1 Å². The van der Waals surface area contributed by atoms with Gasteiger partial charge < -0.3 is 10.2 Å². The van der Waals surface area contributed by atoms with Gasteiger partial charge in [-0.05, 0) is 30.9 Å². The number of nitrogens with zero attached hydrogens (tertiary/aromatic N) is 2. The second-order valence-electron chi connectivity index (χ2n) is 5.56. The smallest absolute Gasteiger partial charge is 0.224 e. The SMILES string of the molecule is CN(C)c1ccc(NC(=O)CC2CCCCC2)cn1. The molecule has 0 unspecified atom stereocenters. The van der Waals surface area contributed by atoms with E-state index in [1.165, 1.54) is 32.1 Å². The minimum Gasteiger partial charge on any atom is -0.363 e. The van der Waals surface area contributed by atoms with E-state index >= 15 is 0 Å². The van der Waals surface area contributed by atoms with Crippen molar-refractivity contribution < 1.29 is 4.79 Å². The molecule has 1 amide bonds. The fourth-order valence-corrected chi connectivity index (χ4v) is 2.59. The first-order chi connectivity index (χ1) is 9.15. The van der Waals surface area contributed by atoms with Crippen LogP contribution in [0.2, 0.25) is 0 Å². The van der Waals surface area contributed by atoms with Gasteiger partial charge in [-0.1, -0.05) is 19.3 Å². The van der Waals surface area contributed by atoms with Crippen LogP contribution >= 0.6 is 0 Å². The van der Waals surface area contributed by atoms with E-state index in [0.29, 0.717) is 12.3 Å². The minimum absolute atomic E-state index is 0.117. The Hall–Kier alpha value is -1.58. The summed E-state index contributed by atoms with van der Waals surface area (Å²) in [6, 6.07) is 3.82. The Kier molecular flexibility index (Phi) is 4.77. The predicted octanol–water partition coefficient (Wildman–Crippen LogP) is 3.06. The summed E-state index contributed by atoms with van der Waals surface area (Å²) < 4.78 is 0. The molecule has 0 aliphatic heterocycles. The molecule has 1 aromatic rings. The molecule has 1 aliphatic carbocycles. The summed E-state index contributed by atoms with van der Waals surface area (Å²) in [5.74, 6) is 1.58. The second kappa shape index (κ2) is 6.55. The highest BCUT2D eigenvalue weighted by molar-refractivity contribution is 5.90. The highest BCUT2D eigenvalue weighted by atomic mass is 16.1. The first-order valence-electron chi connectivity index (χ1n) is 7.08. The van der Waals surface area contributed by atoms with Gasteiger partial charge in [-0.2, -0.15) is 0 Å². The third-order valence-corrected chi connectivity index (χ3v) is 3.69. The van der Waals surface area contributed by atoms with E-state index in [9.17, 15) is 4.79 Å². The molecule has 1 aromatic heterocycles. The summed E-state index contributed by atoms with van der Waals surface area (Å²) in [5, 5.41) is 2.94. The van der Waals surface area contributed by atoms with Crippen molar-refractivity contribution in [1.29, 1.82) is 0 Å². The van der Waals surface area contributed by atoms with E-state index in [-0.39, 0.29) is 5.91 Å². The molecule has 0 bridgehead atoms. The minimum atomic E-state index is 0.117. The summed E-state index contributed by atoms with van der Waals surface area (Å²) >= 11 is 0. The standard InChI is InChI=1S/C15H23N3O/c1-18(2)14-9-8-13(11-16-14)17-15(19)10-12-6-4-3-5-7-12/h8-9,11-12H,3-7,10H2,1-2H3,(H,17,19). The van der Waals surface area contributed by atoms with Crippen molar-refractivity contribution in [3.63, 3.8) is 0 Å². The monoisotopic (exact) mass is 261 g/mol. The molecule has 104 valence electrons. The van der Waals surface area contributed by atoms with Crippen molar-refractivity contribution in [1.82, 2.24) is 4.98 Å².